The lowest BCUT2D eigenvalue weighted by molar-refractivity contribution is 0.584. The fourth-order valence-electron chi connectivity index (χ4n) is 2.17. The summed E-state index contributed by atoms with van der Waals surface area (Å²) < 4.78 is 0. The lowest BCUT2D eigenvalue weighted by Crippen LogP contribution is -2.09. The van der Waals surface area contributed by atoms with Crippen molar-refractivity contribution in [2.45, 2.75) is 38.6 Å². The Kier molecular flexibility index (Phi) is 5.52. The van der Waals surface area contributed by atoms with E-state index in [4.69, 9.17) is 5.73 Å². The quantitative estimate of drug-likeness (QED) is 0.771. The number of H-pyrrole nitrogens is 1. The van der Waals surface area contributed by atoms with Gasteiger partial charge in [0.05, 0.1) is 0 Å². The van der Waals surface area contributed by atoms with Gasteiger partial charge in [0.25, 0.3) is 0 Å². The van der Waals surface area contributed by atoms with Crippen LogP contribution in [0.15, 0.2) is 30.5 Å². The van der Waals surface area contributed by atoms with Gasteiger partial charge in [0.2, 0.25) is 0 Å². The molecule has 0 bridgehead atoms. The first-order valence-electron chi connectivity index (χ1n) is 6.14. The predicted octanol–water partition coefficient (Wildman–Crippen LogP) is 4.17. The van der Waals surface area contributed by atoms with Gasteiger partial charge in [0, 0.05) is 23.1 Å². The molecule has 3 N–H and O–H groups in total. The SMILES string of the molecule is CCCCC[C@@H](N)c1c[nH]c2ccccc12.Cl. The minimum Gasteiger partial charge on any atom is -0.361 e. The lowest BCUT2D eigenvalue weighted by atomic mass is 10.0. The molecule has 17 heavy (non-hydrogen) atoms. The molecule has 2 rings (SSSR count). The summed E-state index contributed by atoms with van der Waals surface area (Å²) in [4.78, 5) is 3.28. The van der Waals surface area contributed by atoms with Crippen molar-refractivity contribution in [1.29, 1.82) is 0 Å². The maximum atomic E-state index is 6.23. The van der Waals surface area contributed by atoms with E-state index in [0.29, 0.717) is 0 Å². The van der Waals surface area contributed by atoms with Gasteiger partial charge in [-0.1, -0.05) is 44.4 Å². The number of aromatic nitrogens is 1. The molecular formula is C14H21ClN2. The zero-order valence-electron chi connectivity index (χ0n) is 10.3. The Hall–Kier alpha value is -0.990. The number of hydrogen-bond donors (Lipinski definition) is 2. The molecule has 0 unspecified atom stereocenters. The summed E-state index contributed by atoms with van der Waals surface area (Å²) >= 11 is 0. The highest BCUT2D eigenvalue weighted by Crippen LogP contribution is 2.25. The average Bonchev–Trinajstić information content (AvgIpc) is 2.73. The molecule has 0 saturated heterocycles. The molecule has 0 aliphatic carbocycles. The smallest absolute Gasteiger partial charge is 0.0457 e. The molecule has 1 atom stereocenters. The van der Waals surface area contributed by atoms with Crippen LogP contribution >= 0.6 is 12.4 Å². The molecule has 1 heterocycles. The fraction of sp³-hybridized carbons (Fsp3) is 0.429. The van der Waals surface area contributed by atoms with Gasteiger partial charge in [0.15, 0.2) is 0 Å². The molecule has 1 aromatic carbocycles. The Morgan fingerprint density at radius 2 is 2.00 bits per heavy atom. The second-order valence-corrected chi connectivity index (χ2v) is 4.39. The van der Waals surface area contributed by atoms with E-state index in [9.17, 15) is 0 Å². The van der Waals surface area contributed by atoms with Crippen LogP contribution in [0.4, 0.5) is 0 Å². The molecule has 0 saturated carbocycles. The number of aromatic amines is 1. The largest absolute Gasteiger partial charge is 0.361 e. The van der Waals surface area contributed by atoms with Crippen LogP contribution in [-0.2, 0) is 0 Å². The number of nitrogens with one attached hydrogen (secondary N) is 1. The number of unbranched alkanes of at least 4 members (excludes halogenated alkanes) is 2. The summed E-state index contributed by atoms with van der Waals surface area (Å²) in [6.45, 7) is 2.22. The number of hydrogen-bond acceptors (Lipinski definition) is 1. The van der Waals surface area contributed by atoms with Crippen molar-refractivity contribution in [3.63, 3.8) is 0 Å². The maximum Gasteiger partial charge on any atom is 0.0457 e. The second-order valence-electron chi connectivity index (χ2n) is 4.39. The lowest BCUT2D eigenvalue weighted by Gasteiger charge is -2.10. The van der Waals surface area contributed by atoms with E-state index in [0.717, 1.165) is 6.42 Å². The highest BCUT2D eigenvalue weighted by Gasteiger charge is 2.10. The number of para-hydroxylation sites is 1. The van der Waals surface area contributed by atoms with Crippen LogP contribution in [0.5, 0.6) is 0 Å². The summed E-state index contributed by atoms with van der Waals surface area (Å²) in [5, 5.41) is 1.27. The maximum absolute atomic E-state index is 6.23. The van der Waals surface area contributed by atoms with E-state index < -0.39 is 0 Å². The molecule has 0 aliphatic heterocycles. The van der Waals surface area contributed by atoms with Gasteiger partial charge in [-0.3, -0.25) is 0 Å². The van der Waals surface area contributed by atoms with Gasteiger partial charge in [-0.25, -0.2) is 0 Å². The molecule has 0 aliphatic rings. The molecule has 3 heteroatoms. The van der Waals surface area contributed by atoms with Gasteiger partial charge in [0.1, 0.15) is 0 Å². The summed E-state index contributed by atoms with van der Waals surface area (Å²) in [5.74, 6) is 0. The van der Waals surface area contributed by atoms with Gasteiger partial charge in [-0.2, -0.15) is 0 Å². The number of nitrogens with two attached hydrogens (primary N) is 1. The zero-order chi connectivity index (χ0) is 11.4. The van der Waals surface area contributed by atoms with Crippen molar-refractivity contribution in [2.75, 3.05) is 0 Å². The van der Waals surface area contributed by atoms with Crippen LogP contribution in [0.25, 0.3) is 10.9 Å². The van der Waals surface area contributed by atoms with E-state index in [-0.39, 0.29) is 18.4 Å². The number of halogens is 1. The standard InChI is InChI=1S/C14H20N2.ClH/c1-2-3-4-8-13(15)12-10-16-14-9-6-5-7-11(12)14;/h5-7,9-10,13,16H,2-4,8,15H2,1H3;1H/t13-;/m1./s1. The molecule has 0 spiro atoms. The molecular weight excluding hydrogens is 232 g/mol. The molecule has 2 aromatic rings. The van der Waals surface area contributed by atoms with Crippen LogP contribution in [-0.4, -0.2) is 4.98 Å². The summed E-state index contributed by atoms with van der Waals surface area (Å²) in [6, 6.07) is 8.52. The minimum absolute atomic E-state index is 0. The first-order chi connectivity index (χ1) is 7.83. The molecule has 1 aromatic heterocycles. The van der Waals surface area contributed by atoms with Crippen LogP contribution in [0.1, 0.15) is 44.2 Å². The van der Waals surface area contributed by atoms with Crippen LogP contribution < -0.4 is 5.73 Å². The highest BCUT2D eigenvalue weighted by molar-refractivity contribution is 5.85. The third kappa shape index (κ3) is 3.24. The van der Waals surface area contributed by atoms with Crippen molar-refractivity contribution in [1.82, 2.24) is 4.98 Å². The number of rotatable bonds is 5. The highest BCUT2D eigenvalue weighted by atomic mass is 35.5. The molecule has 0 amide bonds. The zero-order valence-corrected chi connectivity index (χ0v) is 11.1. The van der Waals surface area contributed by atoms with Crippen molar-refractivity contribution in [3.05, 3.63) is 36.0 Å². The summed E-state index contributed by atoms with van der Waals surface area (Å²) in [5.41, 5.74) is 8.67. The Morgan fingerprint density at radius 1 is 1.24 bits per heavy atom. The Balaban J connectivity index is 0.00000144. The van der Waals surface area contributed by atoms with Crippen molar-refractivity contribution < 1.29 is 0 Å². The normalized spacial score (nSPS) is 12.4. The molecule has 94 valence electrons. The first-order valence-corrected chi connectivity index (χ1v) is 6.14. The van der Waals surface area contributed by atoms with Gasteiger partial charge in [-0.15, -0.1) is 12.4 Å². The van der Waals surface area contributed by atoms with E-state index in [1.165, 1.54) is 35.7 Å². The van der Waals surface area contributed by atoms with Crippen LogP contribution in [0.3, 0.4) is 0 Å². The Labute approximate surface area is 109 Å². The van der Waals surface area contributed by atoms with Gasteiger partial charge < -0.3 is 10.7 Å². The first kappa shape index (κ1) is 14.1. The average molecular weight is 253 g/mol. The summed E-state index contributed by atoms with van der Waals surface area (Å²) in [7, 11) is 0. The summed E-state index contributed by atoms with van der Waals surface area (Å²) in [6.07, 6.45) is 6.88. The molecule has 2 nitrogen and oxygen atoms in total. The van der Waals surface area contributed by atoms with Crippen molar-refractivity contribution in [2.24, 2.45) is 5.73 Å². The van der Waals surface area contributed by atoms with Crippen molar-refractivity contribution >= 4 is 23.3 Å². The Bertz CT molecular complexity index is 450. The van der Waals surface area contributed by atoms with Gasteiger partial charge >= 0.3 is 0 Å². The number of fused-ring (bicyclic) bond motifs is 1. The second kappa shape index (κ2) is 6.67. The van der Waals surface area contributed by atoms with E-state index in [1.807, 2.05) is 6.07 Å². The third-order valence-electron chi connectivity index (χ3n) is 3.14. The van der Waals surface area contributed by atoms with Crippen molar-refractivity contribution in [3.8, 4) is 0 Å². The third-order valence-corrected chi connectivity index (χ3v) is 3.14. The monoisotopic (exact) mass is 252 g/mol. The van der Waals surface area contributed by atoms with E-state index in [2.05, 4.69) is 36.3 Å². The van der Waals surface area contributed by atoms with Crippen LogP contribution in [0, 0.1) is 0 Å². The van der Waals surface area contributed by atoms with E-state index in [1.54, 1.807) is 0 Å². The molecule has 0 fully saturated rings. The number of benzene rings is 1. The van der Waals surface area contributed by atoms with Gasteiger partial charge in [-0.05, 0) is 18.1 Å². The minimum atomic E-state index is 0. The predicted molar refractivity (Wildman–Crippen MR) is 76.6 cm³/mol. The fourth-order valence-corrected chi connectivity index (χ4v) is 2.17. The van der Waals surface area contributed by atoms with Crippen LogP contribution in [0.2, 0.25) is 0 Å². The Morgan fingerprint density at radius 3 is 2.76 bits per heavy atom. The topological polar surface area (TPSA) is 41.8 Å². The molecule has 0 radical (unpaired) electrons. The van der Waals surface area contributed by atoms with E-state index >= 15 is 0 Å².